The summed E-state index contributed by atoms with van der Waals surface area (Å²) < 4.78 is 16.4. The fourth-order valence-electron chi connectivity index (χ4n) is 4.10. The lowest BCUT2D eigenvalue weighted by Crippen LogP contribution is -2.38. The summed E-state index contributed by atoms with van der Waals surface area (Å²) in [6, 6.07) is 10.4. The van der Waals surface area contributed by atoms with Crippen molar-refractivity contribution in [1.29, 1.82) is 0 Å². The van der Waals surface area contributed by atoms with Gasteiger partial charge in [0, 0.05) is 23.5 Å². The van der Waals surface area contributed by atoms with Crippen molar-refractivity contribution in [3.63, 3.8) is 0 Å². The minimum Gasteiger partial charge on any atom is -0.497 e. The number of aliphatic imine (C=N–C) groups is 1. The van der Waals surface area contributed by atoms with Crippen LogP contribution >= 0.6 is 11.8 Å². The maximum Gasteiger partial charge on any atom is 0.338 e. The molecule has 10 heteroatoms. The van der Waals surface area contributed by atoms with Gasteiger partial charge in [-0.25, -0.2) is 9.79 Å². The number of hydrogen-bond donors (Lipinski definition) is 1. The topological polar surface area (TPSA) is 102 Å². The lowest BCUT2D eigenvalue weighted by atomic mass is 9.93. The standard InChI is InChI=1S/C26H28N4O5S/c1-5-35-25(32)23-16(2)29-26-30(24(23)20-10-9-19(33-3)13-21(20)34-4)18(15-36-26)12-22(31)28-14-17-8-6-7-11-27-17/h6-11,13,15,24H,5,12,14H2,1-4H3,(H,28,31)/t24-/m1/s1. The van der Waals surface area contributed by atoms with Crippen LogP contribution in [0.2, 0.25) is 0 Å². The smallest absolute Gasteiger partial charge is 0.338 e. The van der Waals surface area contributed by atoms with E-state index in [-0.39, 0.29) is 18.9 Å². The highest BCUT2D eigenvalue weighted by Gasteiger charge is 2.42. The van der Waals surface area contributed by atoms with E-state index >= 15 is 0 Å². The van der Waals surface area contributed by atoms with Crippen LogP contribution in [-0.4, -0.2) is 47.8 Å². The summed E-state index contributed by atoms with van der Waals surface area (Å²) in [5, 5.41) is 5.48. The Kier molecular flexibility index (Phi) is 7.94. The van der Waals surface area contributed by atoms with E-state index < -0.39 is 12.0 Å². The summed E-state index contributed by atoms with van der Waals surface area (Å²) >= 11 is 1.41. The summed E-state index contributed by atoms with van der Waals surface area (Å²) in [6.45, 7) is 4.10. The Morgan fingerprint density at radius 2 is 2.00 bits per heavy atom. The van der Waals surface area contributed by atoms with Crippen LogP contribution in [0.15, 0.2) is 70.0 Å². The minimum atomic E-state index is -0.595. The average molecular weight is 509 g/mol. The van der Waals surface area contributed by atoms with Crippen LogP contribution in [0.1, 0.15) is 37.6 Å². The molecule has 0 aliphatic carbocycles. The van der Waals surface area contributed by atoms with Gasteiger partial charge in [-0.1, -0.05) is 17.8 Å². The number of pyridine rings is 1. The molecule has 2 aliphatic rings. The molecule has 0 saturated heterocycles. The number of aromatic nitrogens is 1. The maximum absolute atomic E-state index is 13.1. The van der Waals surface area contributed by atoms with Crippen LogP contribution in [0.5, 0.6) is 11.5 Å². The van der Waals surface area contributed by atoms with Crippen LogP contribution in [0.25, 0.3) is 0 Å². The summed E-state index contributed by atoms with van der Waals surface area (Å²) in [5.74, 6) is 0.542. The van der Waals surface area contributed by atoms with E-state index in [2.05, 4.69) is 15.3 Å². The number of carbonyl (C=O) groups excluding carboxylic acids is 2. The van der Waals surface area contributed by atoms with Crippen LogP contribution in [0, 0.1) is 0 Å². The molecular weight excluding hydrogens is 480 g/mol. The molecule has 9 nitrogen and oxygen atoms in total. The van der Waals surface area contributed by atoms with Crippen molar-refractivity contribution in [3.05, 3.63) is 76.2 Å². The molecule has 188 valence electrons. The molecule has 2 aliphatic heterocycles. The number of amides is 1. The Morgan fingerprint density at radius 3 is 2.69 bits per heavy atom. The third-order valence-electron chi connectivity index (χ3n) is 5.77. The van der Waals surface area contributed by atoms with E-state index in [1.807, 2.05) is 40.6 Å². The number of esters is 1. The Balaban J connectivity index is 1.67. The third kappa shape index (κ3) is 5.23. The first-order chi connectivity index (χ1) is 17.5. The molecule has 0 fully saturated rings. The molecule has 1 atom stereocenters. The van der Waals surface area contributed by atoms with E-state index in [1.54, 1.807) is 40.3 Å². The van der Waals surface area contributed by atoms with Crippen LogP contribution < -0.4 is 14.8 Å². The zero-order valence-electron chi connectivity index (χ0n) is 20.6. The summed E-state index contributed by atoms with van der Waals surface area (Å²) in [5.41, 5.74) is 3.17. The molecule has 0 spiro atoms. The van der Waals surface area contributed by atoms with Gasteiger partial charge in [-0.05, 0) is 43.5 Å². The molecule has 1 N–H and O–H groups in total. The molecule has 2 aromatic rings. The van der Waals surface area contributed by atoms with Crippen LogP contribution in [-0.2, 0) is 20.9 Å². The third-order valence-corrected chi connectivity index (χ3v) is 6.65. The second-order valence-electron chi connectivity index (χ2n) is 8.00. The highest BCUT2D eigenvalue weighted by molar-refractivity contribution is 8.16. The number of amidine groups is 1. The monoisotopic (exact) mass is 508 g/mol. The van der Waals surface area contributed by atoms with Crippen molar-refractivity contribution >= 4 is 28.8 Å². The van der Waals surface area contributed by atoms with Gasteiger partial charge in [0.15, 0.2) is 5.17 Å². The molecule has 3 heterocycles. The molecule has 1 aromatic heterocycles. The highest BCUT2D eigenvalue weighted by Crippen LogP contribution is 2.47. The van der Waals surface area contributed by atoms with Gasteiger partial charge >= 0.3 is 5.97 Å². The number of ether oxygens (including phenoxy) is 3. The molecule has 0 radical (unpaired) electrons. The van der Waals surface area contributed by atoms with Crippen molar-refractivity contribution < 1.29 is 23.8 Å². The van der Waals surface area contributed by atoms with Crippen LogP contribution in [0.4, 0.5) is 0 Å². The molecule has 0 unspecified atom stereocenters. The molecule has 4 rings (SSSR count). The second kappa shape index (κ2) is 11.3. The Morgan fingerprint density at radius 1 is 1.17 bits per heavy atom. The Bertz CT molecular complexity index is 1240. The predicted octanol–water partition coefficient (Wildman–Crippen LogP) is 3.94. The number of methoxy groups -OCH3 is 2. The number of benzene rings is 1. The van der Waals surface area contributed by atoms with E-state index in [0.29, 0.717) is 34.5 Å². The van der Waals surface area contributed by atoms with Crippen molar-refractivity contribution in [2.45, 2.75) is 32.9 Å². The molecule has 1 amide bonds. The van der Waals surface area contributed by atoms with E-state index in [4.69, 9.17) is 14.2 Å². The van der Waals surface area contributed by atoms with E-state index in [0.717, 1.165) is 17.0 Å². The van der Waals surface area contributed by atoms with Gasteiger partial charge in [-0.15, -0.1) is 0 Å². The largest absolute Gasteiger partial charge is 0.497 e. The van der Waals surface area contributed by atoms with Crippen molar-refractivity contribution in [2.75, 3.05) is 20.8 Å². The fraction of sp³-hybridized carbons (Fsp3) is 0.308. The molecule has 0 bridgehead atoms. The second-order valence-corrected chi connectivity index (χ2v) is 8.83. The minimum absolute atomic E-state index is 0.100. The normalized spacial score (nSPS) is 16.7. The fourth-order valence-corrected chi connectivity index (χ4v) is 5.06. The number of fused-ring (bicyclic) bond motifs is 1. The number of nitrogens with one attached hydrogen (secondary N) is 1. The quantitative estimate of drug-likeness (QED) is 0.508. The SMILES string of the molecule is CCOC(=O)C1=C(C)N=C2SC=C(CC(=O)NCc3ccccn3)N2[C@@H]1c1ccc(OC)cc1OC. The molecule has 0 saturated carbocycles. The van der Waals surface area contributed by atoms with Crippen LogP contribution in [0.3, 0.4) is 0 Å². The first-order valence-electron chi connectivity index (χ1n) is 11.5. The number of carbonyl (C=O) groups is 2. The van der Waals surface area contributed by atoms with Crippen molar-refractivity contribution in [2.24, 2.45) is 4.99 Å². The predicted molar refractivity (Wildman–Crippen MR) is 137 cm³/mol. The number of rotatable bonds is 9. The van der Waals surface area contributed by atoms with Gasteiger partial charge in [0.05, 0.1) is 56.8 Å². The number of allylic oxidation sites excluding steroid dienone is 1. The molecule has 36 heavy (non-hydrogen) atoms. The van der Waals surface area contributed by atoms with Gasteiger partial charge < -0.3 is 24.4 Å². The lowest BCUT2D eigenvalue weighted by molar-refractivity contribution is -0.139. The summed E-state index contributed by atoms with van der Waals surface area (Å²) in [4.78, 5) is 36.8. The van der Waals surface area contributed by atoms with Gasteiger partial charge in [-0.3, -0.25) is 9.78 Å². The van der Waals surface area contributed by atoms with Gasteiger partial charge in [0.2, 0.25) is 5.91 Å². The molecular formula is C26H28N4O5S. The highest BCUT2D eigenvalue weighted by atomic mass is 32.2. The van der Waals surface area contributed by atoms with Crippen molar-refractivity contribution in [3.8, 4) is 11.5 Å². The molecule has 1 aromatic carbocycles. The summed E-state index contributed by atoms with van der Waals surface area (Å²) in [6.07, 6.45) is 1.79. The van der Waals surface area contributed by atoms with E-state index in [1.165, 1.54) is 11.8 Å². The van der Waals surface area contributed by atoms with Gasteiger partial charge in [0.1, 0.15) is 11.5 Å². The Labute approximate surface area is 214 Å². The zero-order chi connectivity index (χ0) is 25.7. The zero-order valence-corrected chi connectivity index (χ0v) is 21.4. The average Bonchev–Trinajstić information content (AvgIpc) is 3.28. The lowest BCUT2D eigenvalue weighted by Gasteiger charge is -2.36. The first-order valence-corrected chi connectivity index (χ1v) is 12.3. The first kappa shape index (κ1) is 25.3. The number of nitrogens with zero attached hydrogens (tertiary/aromatic N) is 3. The van der Waals surface area contributed by atoms with Crippen molar-refractivity contribution in [1.82, 2.24) is 15.2 Å². The summed E-state index contributed by atoms with van der Waals surface area (Å²) in [7, 11) is 3.15. The van der Waals surface area contributed by atoms with Gasteiger partial charge in [-0.2, -0.15) is 0 Å². The van der Waals surface area contributed by atoms with E-state index in [9.17, 15) is 9.59 Å². The number of hydrogen-bond acceptors (Lipinski definition) is 9. The Hall–Kier alpha value is -3.79. The van der Waals surface area contributed by atoms with Gasteiger partial charge in [0.25, 0.3) is 0 Å². The number of thioether (sulfide) groups is 1. The maximum atomic E-state index is 13.1.